The zero-order chi connectivity index (χ0) is 20.4. The Balaban J connectivity index is 1.45. The number of hydrogen-bond acceptors (Lipinski definition) is 6. The molecule has 0 aromatic carbocycles. The van der Waals surface area contributed by atoms with E-state index in [9.17, 15) is 9.59 Å². The summed E-state index contributed by atoms with van der Waals surface area (Å²) in [5.74, 6) is 0.720. The summed E-state index contributed by atoms with van der Waals surface area (Å²) < 4.78 is 10.5. The third kappa shape index (κ3) is 4.03. The minimum atomic E-state index is -0.0597. The van der Waals surface area contributed by atoms with Crippen molar-refractivity contribution in [2.24, 2.45) is 0 Å². The average Bonchev–Trinajstić information content (AvgIpc) is 3.36. The molecule has 4 heterocycles. The number of likely N-dealkylation sites (tertiary alicyclic amines) is 1. The zero-order valence-corrected chi connectivity index (χ0v) is 16.9. The van der Waals surface area contributed by atoms with Gasteiger partial charge in [0, 0.05) is 31.4 Å². The fraction of sp³-hybridized carbons (Fsp3) is 0.524. The Morgan fingerprint density at radius 3 is 2.62 bits per heavy atom. The van der Waals surface area contributed by atoms with Gasteiger partial charge in [0.1, 0.15) is 5.76 Å². The second-order valence-electron chi connectivity index (χ2n) is 7.60. The summed E-state index contributed by atoms with van der Waals surface area (Å²) in [4.78, 5) is 33.7. The molecule has 2 aliphatic heterocycles. The smallest absolute Gasteiger partial charge is 0.255 e. The SMILES string of the molecule is Cc1noc(C)c1CC(=O)N1CCC[C@@H]1c1ccc(C(=O)N2CCOCC2)cn1. The number of amides is 2. The van der Waals surface area contributed by atoms with E-state index in [2.05, 4.69) is 10.1 Å². The number of aromatic nitrogens is 2. The summed E-state index contributed by atoms with van der Waals surface area (Å²) in [6, 6.07) is 3.63. The quantitative estimate of drug-likeness (QED) is 0.783. The molecule has 8 nitrogen and oxygen atoms in total. The van der Waals surface area contributed by atoms with Gasteiger partial charge in [-0.15, -0.1) is 0 Å². The summed E-state index contributed by atoms with van der Waals surface area (Å²) in [7, 11) is 0. The lowest BCUT2D eigenvalue weighted by Gasteiger charge is -2.27. The van der Waals surface area contributed by atoms with E-state index in [1.165, 1.54) is 0 Å². The lowest BCUT2D eigenvalue weighted by atomic mass is 10.1. The van der Waals surface area contributed by atoms with Gasteiger partial charge < -0.3 is 19.1 Å². The molecule has 154 valence electrons. The standard InChI is InChI=1S/C21H26N4O4/c1-14-17(15(2)29-23-14)12-20(26)25-7-3-4-19(25)18-6-5-16(13-22-18)21(27)24-8-10-28-11-9-24/h5-6,13,19H,3-4,7-12H2,1-2H3/t19-/m1/s1. The molecule has 2 aromatic heterocycles. The molecule has 2 aromatic rings. The summed E-state index contributed by atoms with van der Waals surface area (Å²) in [5.41, 5.74) is 3.02. The fourth-order valence-corrected chi connectivity index (χ4v) is 4.06. The monoisotopic (exact) mass is 398 g/mol. The number of carbonyl (C=O) groups excluding carboxylic acids is 2. The van der Waals surface area contributed by atoms with Crippen molar-refractivity contribution < 1.29 is 18.8 Å². The molecule has 0 saturated carbocycles. The van der Waals surface area contributed by atoms with Crippen LogP contribution in [-0.2, 0) is 16.0 Å². The van der Waals surface area contributed by atoms with Gasteiger partial charge in [0.15, 0.2) is 0 Å². The number of carbonyl (C=O) groups is 2. The highest BCUT2D eigenvalue weighted by Crippen LogP contribution is 2.32. The van der Waals surface area contributed by atoms with Crippen molar-refractivity contribution in [3.05, 3.63) is 46.6 Å². The first-order valence-electron chi connectivity index (χ1n) is 10.1. The molecule has 29 heavy (non-hydrogen) atoms. The van der Waals surface area contributed by atoms with E-state index in [1.54, 1.807) is 11.1 Å². The normalized spacial score (nSPS) is 19.6. The van der Waals surface area contributed by atoms with E-state index in [0.717, 1.165) is 29.8 Å². The number of rotatable bonds is 4. The van der Waals surface area contributed by atoms with E-state index >= 15 is 0 Å². The number of hydrogen-bond donors (Lipinski definition) is 0. The molecule has 2 fully saturated rings. The van der Waals surface area contributed by atoms with Crippen molar-refractivity contribution in [1.82, 2.24) is 19.9 Å². The van der Waals surface area contributed by atoms with Gasteiger partial charge in [0.25, 0.3) is 5.91 Å². The zero-order valence-electron chi connectivity index (χ0n) is 16.9. The van der Waals surface area contributed by atoms with Gasteiger partial charge in [-0.2, -0.15) is 0 Å². The summed E-state index contributed by atoms with van der Waals surface area (Å²) in [5, 5.41) is 3.94. The van der Waals surface area contributed by atoms with Crippen LogP contribution in [0, 0.1) is 13.8 Å². The van der Waals surface area contributed by atoms with Crippen LogP contribution in [-0.4, -0.2) is 64.6 Å². The van der Waals surface area contributed by atoms with Gasteiger partial charge in [-0.3, -0.25) is 14.6 Å². The molecule has 0 bridgehead atoms. The topological polar surface area (TPSA) is 88.8 Å². The first-order valence-corrected chi connectivity index (χ1v) is 10.1. The molecule has 0 N–H and O–H groups in total. The first kappa shape index (κ1) is 19.6. The molecule has 2 saturated heterocycles. The number of pyridine rings is 1. The molecular weight excluding hydrogens is 372 g/mol. The number of aryl methyl sites for hydroxylation is 2. The molecule has 0 spiro atoms. The Morgan fingerprint density at radius 2 is 1.97 bits per heavy atom. The van der Waals surface area contributed by atoms with Crippen LogP contribution < -0.4 is 0 Å². The molecular formula is C21H26N4O4. The second kappa shape index (κ2) is 8.32. The lowest BCUT2D eigenvalue weighted by Crippen LogP contribution is -2.40. The summed E-state index contributed by atoms with van der Waals surface area (Å²) in [6.45, 7) is 6.74. The van der Waals surface area contributed by atoms with Crippen LogP contribution in [0.3, 0.4) is 0 Å². The van der Waals surface area contributed by atoms with Gasteiger partial charge in [0.2, 0.25) is 5.91 Å². The maximum Gasteiger partial charge on any atom is 0.255 e. The van der Waals surface area contributed by atoms with Crippen LogP contribution in [0.25, 0.3) is 0 Å². The minimum Gasteiger partial charge on any atom is -0.378 e. The van der Waals surface area contributed by atoms with Crippen molar-refractivity contribution in [2.75, 3.05) is 32.8 Å². The Labute approximate surface area is 169 Å². The number of nitrogens with zero attached hydrogens (tertiary/aromatic N) is 4. The summed E-state index contributed by atoms with van der Waals surface area (Å²) in [6.07, 6.45) is 3.72. The van der Waals surface area contributed by atoms with Crippen molar-refractivity contribution >= 4 is 11.8 Å². The van der Waals surface area contributed by atoms with E-state index < -0.39 is 0 Å². The second-order valence-corrected chi connectivity index (χ2v) is 7.60. The van der Waals surface area contributed by atoms with Crippen LogP contribution in [0.5, 0.6) is 0 Å². The maximum atomic E-state index is 12.9. The van der Waals surface area contributed by atoms with Crippen LogP contribution >= 0.6 is 0 Å². The van der Waals surface area contributed by atoms with E-state index in [4.69, 9.17) is 9.26 Å². The van der Waals surface area contributed by atoms with Crippen LogP contribution in [0.2, 0.25) is 0 Å². The lowest BCUT2D eigenvalue weighted by molar-refractivity contribution is -0.131. The molecule has 0 radical (unpaired) electrons. The van der Waals surface area contributed by atoms with Crippen molar-refractivity contribution in [1.29, 1.82) is 0 Å². The van der Waals surface area contributed by atoms with Gasteiger partial charge in [-0.05, 0) is 38.8 Å². The van der Waals surface area contributed by atoms with Crippen molar-refractivity contribution in [3.8, 4) is 0 Å². The number of ether oxygens (including phenoxy) is 1. The third-order valence-electron chi connectivity index (χ3n) is 5.76. The maximum absolute atomic E-state index is 12.9. The molecule has 8 heteroatoms. The van der Waals surface area contributed by atoms with Crippen molar-refractivity contribution in [3.63, 3.8) is 0 Å². The largest absolute Gasteiger partial charge is 0.378 e. The highest BCUT2D eigenvalue weighted by molar-refractivity contribution is 5.94. The molecule has 2 amide bonds. The molecule has 0 aliphatic carbocycles. The van der Waals surface area contributed by atoms with Crippen molar-refractivity contribution in [2.45, 2.75) is 39.2 Å². The summed E-state index contributed by atoms with van der Waals surface area (Å²) >= 11 is 0. The van der Waals surface area contributed by atoms with Gasteiger partial charge in [0.05, 0.1) is 42.6 Å². The third-order valence-corrected chi connectivity index (χ3v) is 5.76. The van der Waals surface area contributed by atoms with E-state index in [1.807, 2.05) is 30.9 Å². The van der Waals surface area contributed by atoms with Crippen LogP contribution in [0.4, 0.5) is 0 Å². The molecule has 0 unspecified atom stereocenters. The fourth-order valence-electron chi connectivity index (χ4n) is 4.06. The Kier molecular flexibility index (Phi) is 5.62. The first-order chi connectivity index (χ1) is 14.0. The Morgan fingerprint density at radius 1 is 1.17 bits per heavy atom. The van der Waals surface area contributed by atoms with E-state index in [0.29, 0.717) is 44.2 Å². The van der Waals surface area contributed by atoms with E-state index in [-0.39, 0.29) is 24.3 Å². The number of morpholine rings is 1. The minimum absolute atomic E-state index is 0.0230. The predicted molar refractivity (Wildman–Crippen MR) is 104 cm³/mol. The Bertz CT molecular complexity index is 867. The highest BCUT2D eigenvalue weighted by atomic mass is 16.5. The average molecular weight is 398 g/mol. The molecule has 1 atom stereocenters. The molecule has 4 rings (SSSR count). The molecule has 2 aliphatic rings. The van der Waals surface area contributed by atoms with Crippen LogP contribution in [0.1, 0.15) is 52.0 Å². The van der Waals surface area contributed by atoms with Gasteiger partial charge >= 0.3 is 0 Å². The predicted octanol–water partition coefficient (Wildman–Crippen LogP) is 2.07. The van der Waals surface area contributed by atoms with Gasteiger partial charge in [-0.1, -0.05) is 5.16 Å². The van der Waals surface area contributed by atoms with Crippen LogP contribution in [0.15, 0.2) is 22.9 Å². The highest BCUT2D eigenvalue weighted by Gasteiger charge is 2.32. The van der Waals surface area contributed by atoms with Gasteiger partial charge in [-0.25, -0.2) is 0 Å². The Hall–Kier alpha value is -2.74.